The molecule has 0 aliphatic rings. The van der Waals surface area contributed by atoms with E-state index in [1.54, 1.807) is 0 Å². The van der Waals surface area contributed by atoms with E-state index in [2.05, 4.69) is 126 Å². The van der Waals surface area contributed by atoms with E-state index < -0.39 is 0 Å². The Bertz CT molecular complexity index is 2450. The SMILES string of the molecule is c1ccc2ncc(-c3ccc4ccc5c(-c6ccc(-c7cccc8cccnc78)cc6)ccc6ccc3c4c65)cc2c1. The first-order valence-corrected chi connectivity index (χ1v) is 14.3. The fourth-order valence-corrected chi connectivity index (χ4v) is 6.69. The van der Waals surface area contributed by atoms with Crippen LogP contribution in [-0.2, 0) is 0 Å². The summed E-state index contributed by atoms with van der Waals surface area (Å²) in [6.45, 7) is 0. The van der Waals surface area contributed by atoms with Gasteiger partial charge in [-0.05, 0) is 72.8 Å². The Balaban J connectivity index is 1.22. The zero-order chi connectivity index (χ0) is 27.6. The third kappa shape index (κ3) is 3.45. The van der Waals surface area contributed by atoms with Crippen LogP contribution in [0.25, 0.3) is 87.5 Å². The molecule has 2 heterocycles. The molecule has 0 fully saturated rings. The minimum atomic E-state index is 1.02. The predicted molar refractivity (Wildman–Crippen MR) is 177 cm³/mol. The van der Waals surface area contributed by atoms with E-state index in [1.165, 1.54) is 54.6 Å². The molecule has 0 spiro atoms. The minimum absolute atomic E-state index is 1.02. The third-order valence-corrected chi connectivity index (χ3v) is 8.71. The lowest BCUT2D eigenvalue weighted by Gasteiger charge is -2.17. The normalized spacial score (nSPS) is 11.8. The van der Waals surface area contributed by atoms with Gasteiger partial charge in [0.1, 0.15) is 0 Å². The van der Waals surface area contributed by atoms with Gasteiger partial charge in [0.15, 0.2) is 0 Å². The van der Waals surface area contributed by atoms with Gasteiger partial charge in [0, 0.05) is 34.3 Å². The van der Waals surface area contributed by atoms with Crippen LogP contribution < -0.4 is 0 Å². The molecule has 0 amide bonds. The number of hydrogen-bond donors (Lipinski definition) is 0. The number of hydrogen-bond acceptors (Lipinski definition) is 2. The second-order valence-corrected chi connectivity index (χ2v) is 11.0. The van der Waals surface area contributed by atoms with Gasteiger partial charge in [0.05, 0.1) is 11.0 Å². The second-order valence-electron chi connectivity index (χ2n) is 11.0. The predicted octanol–water partition coefficient (Wildman–Crippen LogP) is 10.7. The van der Waals surface area contributed by atoms with E-state index in [-0.39, 0.29) is 0 Å². The van der Waals surface area contributed by atoms with Gasteiger partial charge >= 0.3 is 0 Å². The summed E-state index contributed by atoms with van der Waals surface area (Å²) in [5, 5.41) is 10.0. The van der Waals surface area contributed by atoms with Crippen molar-refractivity contribution in [1.29, 1.82) is 0 Å². The molecule has 0 saturated heterocycles. The van der Waals surface area contributed by atoms with Gasteiger partial charge in [-0.2, -0.15) is 0 Å². The fraction of sp³-hybridized carbons (Fsp3) is 0. The number of benzene rings is 7. The molecule has 0 radical (unpaired) electrons. The highest BCUT2D eigenvalue weighted by Gasteiger charge is 2.15. The molecule has 0 atom stereocenters. The number of aromatic nitrogens is 2. The molecule has 2 heteroatoms. The Hall–Kier alpha value is -5.60. The van der Waals surface area contributed by atoms with E-state index >= 15 is 0 Å². The molecule has 9 aromatic rings. The van der Waals surface area contributed by atoms with Gasteiger partial charge in [-0.25, -0.2) is 0 Å². The first-order valence-electron chi connectivity index (χ1n) is 14.3. The van der Waals surface area contributed by atoms with Crippen molar-refractivity contribution < 1.29 is 0 Å². The maximum atomic E-state index is 4.76. The maximum absolute atomic E-state index is 4.76. The molecule has 0 aliphatic heterocycles. The molecule has 9 rings (SSSR count). The summed E-state index contributed by atoms with van der Waals surface area (Å²) >= 11 is 0. The highest BCUT2D eigenvalue weighted by atomic mass is 14.7. The topological polar surface area (TPSA) is 25.8 Å². The summed E-state index contributed by atoms with van der Waals surface area (Å²) in [5.41, 5.74) is 9.21. The fourth-order valence-electron chi connectivity index (χ4n) is 6.69. The number of nitrogens with zero attached hydrogens (tertiary/aromatic N) is 2. The lowest BCUT2D eigenvalue weighted by atomic mass is 9.87. The van der Waals surface area contributed by atoms with Crippen molar-refractivity contribution in [2.75, 3.05) is 0 Å². The lowest BCUT2D eigenvalue weighted by molar-refractivity contribution is 1.41. The molecule has 7 aromatic carbocycles. The molecule has 42 heavy (non-hydrogen) atoms. The highest BCUT2D eigenvalue weighted by molar-refractivity contribution is 6.27. The van der Waals surface area contributed by atoms with E-state index in [0.717, 1.165) is 32.9 Å². The molecule has 0 bridgehead atoms. The Morgan fingerprint density at radius 2 is 1.00 bits per heavy atom. The van der Waals surface area contributed by atoms with Crippen LogP contribution >= 0.6 is 0 Å². The van der Waals surface area contributed by atoms with E-state index in [1.807, 2.05) is 24.5 Å². The van der Waals surface area contributed by atoms with Crippen molar-refractivity contribution in [1.82, 2.24) is 9.97 Å². The number of rotatable bonds is 3. The molecule has 0 saturated carbocycles. The number of para-hydroxylation sites is 2. The first-order chi connectivity index (χ1) is 20.8. The van der Waals surface area contributed by atoms with Gasteiger partial charge in [-0.1, -0.05) is 115 Å². The van der Waals surface area contributed by atoms with Crippen LogP contribution in [0, 0.1) is 0 Å². The summed E-state index contributed by atoms with van der Waals surface area (Å²) < 4.78 is 0. The van der Waals surface area contributed by atoms with E-state index in [9.17, 15) is 0 Å². The van der Waals surface area contributed by atoms with Crippen LogP contribution in [0.5, 0.6) is 0 Å². The summed E-state index contributed by atoms with van der Waals surface area (Å²) in [6.07, 6.45) is 3.87. The van der Waals surface area contributed by atoms with Gasteiger partial charge in [0.2, 0.25) is 0 Å². The molecule has 2 aromatic heterocycles. The van der Waals surface area contributed by atoms with Crippen molar-refractivity contribution >= 4 is 54.1 Å². The molecule has 0 unspecified atom stereocenters. The smallest absolute Gasteiger partial charge is 0.0780 e. The van der Waals surface area contributed by atoms with Crippen molar-refractivity contribution in [3.8, 4) is 33.4 Å². The summed E-state index contributed by atoms with van der Waals surface area (Å²) in [5.74, 6) is 0. The van der Waals surface area contributed by atoms with Crippen LogP contribution in [0.4, 0.5) is 0 Å². The van der Waals surface area contributed by atoms with Gasteiger partial charge in [-0.3, -0.25) is 9.97 Å². The van der Waals surface area contributed by atoms with Gasteiger partial charge in [0.25, 0.3) is 0 Å². The van der Waals surface area contributed by atoms with E-state index in [0.29, 0.717) is 0 Å². The van der Waals surface area contributed by atoms with Crippen LogP contribution in [0.3, 0.4) is 0 Å². The molecule has 194 valence electrons. The standard InChI is InChI=1S/C40H24N2/c1-2-9-37-30(5-1)23-31(24-42-37)33-19-15-28-16-20-35-32(18-14-27-17-21-36(33)39(28)38(27)35)25-10-12-26(13-11-25)34-8-3-6-29-7-4-22-41-40(29)34/h1-24H. The van der Waals surface area contributed by atoms with Crippen molar-refractivity contribution in [2.45, 2.75) is 0 Å². The van der Waals surface area contributed by atoms with Gasteiger partial charge in [-0.15, -0.1) is 0 Å². The van der Waals surface area contributed by atoms with Gasteiger partial charge < -0.3 is 0 Å². The Kier molecular flexibility index (Phi) is 4.93. The molecular weight excluding hydrogens is 508 g/mol. The summed E-state index contributed by atoms with van der Waals surface area (Å²) in [6, 6.07) is 48.1. The van der Waals surface area contributed by atoms with Crippen molar-refractivity contribution in [3.05, 3.63) is 146 Å². The summed E-state index contributed by atoms with van der Waals surface area (Å²) in [4.78, 5) is 9.43. The van der Waals surface area contributed by atoms with Crippen molar-refractivity contribution in [2.24, 2.45) is 0 Å². The Morgan fingerprint density at radius 1 is 0.381 bits per heavy atom. The molecule has 0 N–H and O–H groups in total. The van der Waals surface area contributed by atoms with Crippen LogP contribution in [0.2, 0.25) is 0 Å². The largest absolute Gasteiger partial charge is 0.256 e. The maximum Gasteiger partial charge on any atom is 0.0780 e. The molecule has 2 nitrogen and oxygen atoms in total. The first kappa shape index (κ1) is 23.1. The zero-order valence-electron chi connectivity index (χ0n) is 22.8. The minimum Gasteiger partial charge on any atom is -0.256 e. The quantitative estimate of drug-likeness (QED) is 0.212. The summed E-state index contributed by atoms with van der Waals surface area (Å²) in [7, 11) is 0. The number of pyridine rings is 2. The molecular formula is C40H24N2. The zero-order valence-corrected chi connectivity index (χ0v) is 22.8. The molecule has 0 aliphatic carbocycles. The third-order valence-electron chi connectivity index (χ3n) is 8.71. The highest BCUT2D eigenvalue weighted by Crippen LogP contribution is 2.42. The monoisotopic (exact) mass is 532 g/mol. The van der Waals surface area contributed by atoms with Crippen LogP contribution in [0.15, 0.2) is 146 Å². The van der Waals surface area contributed by atoms with Crippen LogP contribution in [0.1, 0.15) is 0 Å². The van der Waals surface area contributed by atoms with Crippen molar-refractivity contribution in [3.63, 3.8) is 0 Å². The Labute approximate surface area is 242 Å². The average molecular weight is 533 g/mol. The second kappa shape index (κ2) is 8.95. The average Bonchev–Trinajstić information content (AvgIpc) is 3.06. The number of fused-ring (bicyclic) bond motifs is 2. The van der Waals surface area contributed by atoms with Crippen LogP contribution in [-0.4, -0.2) is 9.97 Å². The lowest BCUT2D eigenvalue weighted by Crippen LogP contribution is -1.90. The Morgan fingerprint density at radius 3 is 1.76 bits per heavy atom. The van der Waals surface area contributed by atoms with E-state index in [4.69, 9.17) is 4.98 Å².